The van der Waals surface area contributed by atoms with Crippen LogP contribution >= 0.6 is 0 Å². The molecule has 13 nitrogen and oxygen atoms in total. The number of ether oxygens (including phenoxy) is 4. The van der Waals surface area contributed by atoms with Gasteiger partial charge in [-0.25, -0.2) is 14.4 Å². The first-order valence-electron chi connectivity index (χ1n) is 16.7. The number of esters is 3. The Morgan fingerprint density at radius 3 is 1.69 bits per heavy atom. The van der Waals surface area contributed by atoms with Gasteiger partial charge in [0.05, 0.1) is 41.7 Å². The van der Waals surface area contributed by atoms with Crippen LogP contribution in [0.3, 0.4) is 0 Å². The smallest absolute Gasteiger partial charge is 0.381 e. The Balaban J connectivity index is 1.48. The number of hydrogen-bond acceptors (Lipinski definition) is 13. The first-order valence-corrected chi connectivity index (χ1v) is 16.7. The number of carbonyl (C=O) groups excluding carboxylic acids is 3. The van der Waals surface area contributed by atoms with E-state index in [9.17, 15) is 19.5 Å². The number of aliphatic hydroxyl groups is 1. The predicted octanol–water partition coefficient (Wildman–Crippen LogP) is 4.67. The average molecular weight is 670 g/mol. The Morgan fingerprint density at radius 1 is 0.729 bits per heavy atom. The van der Waals surface area contributed by atoms with E-state index in [1.807, 2.05) is 0 Å². The average Bonchev–Trinajstić information content (AvgIpc) is 3.52. The second-order valence-corrected chi connectivity index (χ2v) is 13.7. The molecule has 13 heteroatoms. The van der Waals surface area contributed by atoms with Crippen LogP contribution in [-0.2, 0) is 14.3 Å². The Labute approximate surface area is 281 Å². The minimum atomic E-state index is -2.34. The van der Waals surface area contributed by atoms with Crippen molar-refractivity contribution in [3.8, 4) is 11.5 Å². The van der Waals surface area contributed by atoms with Gasteiger partial charge in [-0.05, 0) is 85.8 Å². The van der Waals surface area contributed by atoms with Gasteiger partial charge >= 0.3 is 17.9 Å². The lowest BCUT2D eigenvalue weighted by atomic mass is 9.90. The molecule has 0 spiro atoms. The van der Waals surface area contributed by atoms with Crippen LogP contribution in [-0.4, -0.2) is 42.5 Å². The van der Waals surface area contributed by atoms with Gasteiger partial charge < -0.3 is 52.7 Å². The van der Waals surface area contributed by atoms with Crippen molar-refractivity contribution in [2.75, 3.05) is 41.9 Å². The summed E-state index contributed by atoms with van der Waals surface area (Å²) in [4.78, 5) is 39.6. The van der Waals surface area contributed by atoms with Gasteiger partial charge in [0, 0.05) is 0 Å². The number of aryl methyl sites for hydroxylation is 1. The first kappa shape index (κ1) is 36.4. The molecule has 0 heterocycles. The zero-order valence-corrected chi connectivity index (χ0v) is 28.5. The second-order valence-electron chi connectivity index (χ2n) is 13.7. The maximum atomic E-state index is 13.3. The standard InChI is InChI=1S/C35H51N5O8/c1-16-6-8-21(19(16)4)10-12-45-32(41)26-28(39)18(3)14-24(37)30(26)47-34(43)35(44)48-31-25(38)15-23(36)29(40)27(31)33(42)46-13-11-22-9-7-17(2)20(22)5/h14-17,19-22,34,43H,6-13,36-40H2,1-5H3. The molecule has 7 atom stereocenters. The van der Waals surface area contributed by atoms with Gasteiger partial charge in [0.2, 0.25) is 0 Å². The lowest BCUT2D eigenvalue weighted by molar-refractivity contribution is -0.158. The number of nitrogens with two attached hydrogens (primary N) is 5. The number of benzene rings is 2. The molecule has 48 heavy (non-hydrogen) atoms. The molecule has 0 aliphatic heterocycles. The fraction of sp³-hybridized carbons (Fsp3) is 0.571. The summed E-state index contributed by atoms with van der Waals surface area (Å²) in [5.74, 6) is -0.888. The lowest BCUT2D eigenvalue weighted by Gasteiger charge is -2.21. The Hall–Kier alpha value is -4.39. The topological polar surface area (TPSA) is 238 Å². The fourth-order valence-electron chi connectivity index (χ4n) is 7.01. The molecule has 7 unspecified atom stereocenters. The highest BCUT2D eigenvalue weighted by atomic mass is 16.7. The van der Waals surface area contributed by atoms with E-state index in [1.54, 1.807) is 6.92 Å². The van der Waals surface area contributed by atoms with Crippen molar-refractivity contribution in [2.45, 2.75) is 79.4 Å². The summed E-state index contributed by atoms with van der Waals surface area (Å²) in [6.45, 7) is 10.7. The van der Waals surface area contributed by atoms with Crippen molar-refractivity contribution in [1.82, 2.24) is 0 Å². The molecule has 2 aromatic carbocycles. The fourth-order valence-corrected chi connectivity index (χ4v) is 7.01. The highest BCUT2D eigenvalue weighted by Crippen LogP contribution is 2.41. The maximum absolute atomic E-state index is 13.3. The molecule has 4 rings (SSSR count). The highest BCUT2D eigenvalue weighted by Gasteiger charge is 2.33. The molecular formula is C35H51N5O8. The summed E-state index contributed by atoms with van der Waals surface area (Å²) in [7, 11) is 0. The quantitative estimate of drug-likeness (QED) is 0.0780. The lowest BCUT2D eigenvalue weighted by Crippen LogP contribution is -2.33. The van der Waals surface area contributed by atoms with Crippen LogP contribution in [0.1, 0.15) is 92.5 Å². The van der Waals surface area contributed by atoms with Crippen LogP contribution < -0.4 is 38.1 Å². The number of anilines is 5. The van der Waals surface area contributed by atoms with E-state index in [2.05, 4.69) is 27.7 Å². The van der Waals surface area contributed by atoms with Crippen molar-refractivity contribution in [3.05, 3.63) is 28.8 Å². The first-order chi connectivity index (χ1) is 22.6. The Bertz CT molecular complexity index is 1530. The minimum absolute atomic E-state index is 0.00895. The predicted molar refractivity (Wildman–Crippen MR) is 184 cm³/mol. The third kappa shape index (κ3) is 7.83. The molecule has 0 saturated heterocycles. The summed E-state index contributed by atoms with van der Waals surface area (Å²) in [5, 5.41) is 10.8. The molecule has 2 fully saturated rings. The van der Waals surface area contributed by atoms with Crippen LogP contribution in [0.15, 0.2) is 12.1 Å². The summed E-state index contributed by atoms with van der Waals surface area (Å²) >= 11 is 0. The van der Waals surface area contributed by atoms with Crippen LogP contribution in [0.5, 0.6) is 11.5 Å². The third-order valence-electron chi connectivity index (χ3n) is 10.7. The second kappa shape index (κ2) is 15.2. The van der Waals surface area contributed by atoms with Crippen molar-refractivity contribution in [2.24, 2.45) is 35.5 Å². The number of rotatable bonds is 12. The molecule has 264 valence electrons. The van der Waals surface area contributed by atoms with Gasteiger partial charge in [0.15, 0.2) is 11.5 Å². The molecule has 2 aliphatic carbocycles. The van der Waals surface area contributed by atoms with Crippen molar-refractivity contribution in [3.63, 3.8) is 0 Å². The summed E-state index contributed by atoms with van der Waals surface area (Å²) in [5.41, 5.74) is 29.9. The summed E-state index contributed by atoms with van der Waals surface area (Å²) in [6.07, 6.45) is 3.35. The zero-order chi connectivity index (χ0) is 35.4. The van der Waals surface area contributed by atoms with E-state index >= 15 is 0 Å². The van der Waals surface area contributed by atoms with Crippen molar-refractivity contribution in [1.29, 1.82) is 0 Å². The summed E-state index contributed by atoms with van der Waals surface area (Å²) < 4.78 is 21.9. The molecule has 11 N–H and O–H groups in total. The van der Waals surface area contributed by atoms with Gasteiger partial charge in [-0.1, -0.05) is 40.5 Å². The molecule has 0 radical (unpaired) electrons. The van der Waals surface area contributed by atoms with Crippen LogP contribution in [0.25, 0.3) is 0 Å². The number of nitrogen functional groups attached to an aromatic ring is 5. The van der Waals surface area contributed by atoms with E-state index in [1.165, 1.54) is 12.1 Å². The van der Waals surface area contributed by atoms with Crippen LogP contribution in [0.4, 0.5) is 28.4 Å². The van der Waals surface area contributed by atoms with E-state index < -0.39 is 29.9 Å². The molecule has 0 amide bonds. The van der Waals surface area contributed by atoms with Crippen molar-refractivity contribution < 1.29 is 38.4 Å². The third-order valence-corrected chi connectivity index (χ3v) is 10.7. The SMILES string of the molecule is Cc1cc(N)c(OC(O)C(=O)Oc2c(N)cc(N)c(N)c2C(=O)OCCC2CCC(C)C2C)c(C(=O)OCCC2CCC(C)C2C)c1N. The van der Waals surface area contributed by atoms with Crippen LogP contribution in [0.2, 0.25) is 0 Å². The molecule has 2 saturated carbocycles. The van der Waals surface area contributed by atoms with E-state index in [0.717, 1.165) is 25.7 Å². The number of aliphatic hydroxyl groups excluding tert-OH is 1. The van der Waals surface area contributed by atoms with Crippen LogP contribution in [0, 0.1) is 42.4 Å². The van der Waals surface area contributed by atoms with Gasteiger partial charge in [0.1, 0.15) is 11.1 Å². The molecule has 0 aromatic heterocycles. The van der Waals surface area contributed by atoms with Gasteiger partial charge in [0.25, 0.3) is 6.29 Å². The van der Waals surface area contributed by atoms with E-state index in [0.29, 0.717) is 53.9 Å². The minimum Gasteiger partial charge on any atom is -0.462 e. The normalized spacial score (nSPS) is 24.2. The Kier molecular flexibility index (Phi) is 11.6. The molecule has 0 bridgehead atoms. The Morgan fingerprint density at radius 2 is 1.21 bits per heavy atom. The largest absolute Gasteiger partial charge is 0.462 e. The van der Waals surface area contributed by atoms with Gasteiger partial charge in [-0.3, -0.25) is 0 Å². The van der Waals surface area contributed by atoms with Gasteiger partial charge in [-0.2, -0.15) is 0 Å². The van der Waals surface area contributed by atoms with E-state index in [4.69, 9.17) is 47.6 Å². The monoisotopic (exact) mass is 669 g/mol. The number of carbonyl (C=O) groups is 3. The summed E-state index contributed by atoms with van der Waals surface area (Å²) in [6, 6.07) is 2.64. The van der Waals surface area contributed by atoms with Gasteiger partial charge in [-0.15, -0.1) is 0 Å². The van der Waals surface area contributed by atoms with Crippen molar-refractivity contribution >= 4 is 46.3 Å². The molecule has 2 aliphatic rings. The van der Waals surface area contributed by atoms with E-state index in [-0.39, 0.29) is 58.5 Å². The maximum Gasteiger partial charge on any atom is 0.381 e. The number of hydrogen-bond donors (Lipinski definition) is 6. The molecule has 2 aromatic rings. The highest BCUT2D eigenvalue weighted by molar-refractivity contribution is 6.04. The zero-order valence-electron chi connectivity index (χ0n) is 28.5. The molecular weight excluding hydrogens is 618 g/mol.